The molecule has 0 unspecified atom stereocenters. The summed E-state index contributed by atoms with van der Waals surface area (Å²) in [5, 5.41) is 5.45. The number of rotatable bonds is 6. The minimum absolute atomic E-state index is 0.636. The Hall–Kier alpha value is -1.85. The maximum Gasteiger partial charge on any atom is 0.147 e. The molecule has 0 saturated carbocycles. The lowest BCUT2D eigenvalue weighted by atomic mass is 10.3. The van der Waals surface area contributed by atoms with Crippen LogP contribution in [0, 0.1) is 0 Å². The van der Waals surface area contributed by atoms with E-state index in [0.29, 0.717) is 6.61 Å². The highest BCUT2D eigenvalue weighted by molar-refractivity contribution is 7.09. The number of H-pyrrole nitrogens is 1. The predicted octanol–water partition coefficient (Wildman–Crippen LogP) is 2.79. The Morgan fingerprint density at radius 3 is 3.16 bits per heavy atom. The number of nitrogens with zero attached hydrogens (tertiary/aromatic N) is 1. The standard InChI is InChI=1S/C14H15N3OS/c1-4-12-14(17-10-16-12)13(5-1)18-7-6-15-9-11-3-2-8-19-11/h1-5,8,10,15H,6-7,9H2,(H,16,17). The summed E-state index contributed by atoms with van der Waals surface area (Å²) in [7, 11) is 0. The van der Waals surface area contributed by atoms with E-state index in [2.05, 4.69) is 32.8 Å². The second kappa shape index (κ2) is 5.86. The van der Waals surface area contributed by atoms with Crippen LogP contribution in [0.25, 0.3) is 11.0 Å². The van der Waals surface area contributed by atoms with Crippen LogP contribution < -0.4 is 10.1 Å². The van der Waals surface area contributed by atoms with Crippen LogP contribution in [0.3, 0.4) is 0 Å². The molecule has 2 aromatic heterocycles. The van der Waals surface area contributed by atoms with Crippen molar-refractivity contribution in [3.63, 3.8) is 0 Å². The van der Waals surface area contributed by atoms with Crippen LogP contribution in [-0.2, 0) is 6.54 Å². The maximum atomic E-state index is 5.76. The lowest BCUT2D eigenvalue weighted by Crippen LogP contribution is -2.20. The molecule has 98 valence electrons. The van der Waals surface area contributed by atoms with Gasteiger partial charge in [-0.3, -0.25) is 0 Å². The van der Waals surface area contributed by atoms with Crippen molar-refractivity contribution in [1.82, 2.24) is 15.3 Å². The fourth-order valence-electron chi connectivity index (χ4n) is 1.91. The van der Waals surface area contributed by atoms with Gasteiger partial charge in [0.1, 0.15) is 17.9 Å². The number of thiophene rings is 1. The molecule has 2 heterocycles. The molecule has 1 aromatic carbocycles. The monoisotopic (exact) mass is 273 g/mol. The molecule has 3 aromatic rings. The Labute approximate surface area is 115 Å². The second-order valence-electron chi connectivity index (χ2n) is 4.16. The molecular weight excluding hydrogens is 258 g/mol. The van der Waals surface area contributed by atoms with E-state index in [1.807, 2.05) is 18.2 Å². The zero-order chi connectivity index (χ0) is 12.9. The molecule has 3 rings (SSSR count). The molecule has 19 heavy (non-hydrogen) atoms. The van der Waals surface area contributed by atoms with Gasteiger partial charge in [0.15, 0.2) is 0 Å². The van der Waals surface area contributed by atoms with Gasteiger partial charge in [-0.1, -0.05) is 12.1 Å². The lowest BCUT2D eigenvalue weighted by molar-refractivity contribution is 0.317. The first kappa shape index (κ1) is 12.2. The van der Waals surface area contributed by atoms with Gasteiger partial charge in [-0.05, 0) is 23.6 Å². The minimum Gasteiger partial charge on any atom is -0.490 e. The first-order valence-corrected chi connectivity index (χ1v) is 7.09. The number of imidazole rings is 1. The van der Waals surface area contributed by atoms with Crippen LogP contribution in [0.1, 0.15) is 4.88 Å². The molecule has 0 aliphatic carbocycles. The quantitative estimate of drug-likeness (QED) is 0.679. The molecule has 0 aliphatic rings. The highest BCUT2D eigenvalue weighted by atomic mass is 32.1. The first-order valence-electron chi connectivity index (χ1n) is 6.21. The van der Waals surface area contributed by atoms with Gasteiger partial charge in [0.05, 0.1) is 11.8 Å². The van der Waals surface area contributed by atoms with Gasteiger partial charge in [-0.15, -0.1) is 11.3 Å². The number of aromatic nitrogens is 2. The van der Waals surface area contributed by atoms with E-state index in [4.69, 9.17) is 4.74 Å². The maximum absolute atomic E-state index is 5.76. The molecule has 4 nitrogen and oxygen atoms in total. The number of hydrogen-bond donors (Lipinski definition) is 2. The van der Waals surface area contributed by atoms with E-state index in [-0.39, 0.29) is 0 Å². The summed E-state index contributed by atoms with van der Waals surface area (Å²) in [4.78, 5) is 8.68. The Kier molecular flexibility index (Phi) is 3.76. The fourth-order valence-corrected chi connectivity index (χ4v) is 2.59. The smallest absolute Gasteiger partial charge is 0.147 e. The molecule has 0 amide bonds. The summed E-state index contributed by atoms with van der Waals surface area (Å²) in [5.74, 6) is 0.830. The van der Waals surface area contributed by atoms with Crippen LogP contribution in [0.4, 0.5) is 0 Å². The van der Waals surface area contributed by atoms with E-state index in [0.717, 1.165) is 29.9 Å². The predicted molar refractivity (Wildman–Crippen MR) is 77.6 cm³/mol. The molecule has 5 heteroatoms. The Bertz CT molecular complexity index is 633. The normalized spacial score (nSPS) is 10.9. The van der Waals surface area contributed by atoms with Crippen molar-refractivity contribution in [3.8, 4) is 5.75 Å². The van der Waals surface area contributed by atoms with E-state index in [9.17, 15) is 0 Å². The van der Waals surface area contributed by atoms with Crippen LogP contribution in [0.2, 0.25) is 0 Å². The molecule has 0 bridgehead atoms. The van der Waals surface area contributed by atoms with Gasteiger partial charge >= 0.3 is 0 Å². The van der Waals surface area contributed by atoms with E-state index in [1.165, 1.54) is 4.88 Å². The molecule has 0 saturated heterocycles. The molecule has 0 atom stereocenters. The van der Waals surface area contributed by atoms with Gasteiger partial charge in [0.25, 0.3) is 0 Å². The van der Waals surface area contributed by atoms with E-state index in [1.54, 1.807) is 17.7 Å². The highest BCUT2D eigenvalue weighted by Gasteiger charge is 2.03. The van der Waals surface area contributed by atoms with Gasteiger partial charge in [0.2, 0.25) is 0 Å². The number of para-hydroxylation sites is 1. The first-order chi connectivity index (χ1) is 9.43. The largest absolute Gasteiger partial charge is 0.490 e. The molecule has 2 N–H and O–H groups in total. The van der Waals surface area contributed by atoms with Gasteiger partial charge in [0, 0.05) is 18.0 Å². The van der Waals surface area contributed by atoms with Gasteiger partial charge in [-0.25, -0.2) is 4.98 Å². The SMILES string of the molecule is c1csc(CNCCOc2cccc3[nH]cnc23)c1. The third-order valence-electron chi connectivity index (χ3n) is 2.83. The zero-order valence-electron chi connectivity index (χ0n) is 10.4. The Morgan fingerprint density at radius 2 is 2.26 bits per heavy atom. The number of fused-ring (bicyclic) bond motifs is 1. The average Bonchev–Trinajstić information content (AvgIpc) is 3.09. The van der Waals surface area contributed by atoms with Crippen LogP contribution >= 0.6 is 11.3 Å². The second-order valence-corrected chi connectivity index (χ2v) is 5.19. The topological polar surface area (TPSA) is 49.9 Å². The summed E-state index contributed by atoms with van der Waals surface area (Å²) in [6.45, 7) is 2.35. The summed E-state index contributed by atoms with van der Waals surface area (Å²) in [5.41, 5.74) is 1.89. The van der Waals surface area contributed by atoms with E-state index >= 15 is 0 Å². The number of nitrogens with one attached hydrogen (secondary N) is 2. The Morgan fingerprint density at radius 1 is 1.26 bits per heavy atom. The minimum atomic E-state index is 0.636. The average molecular weight is 273 g/mol. The van der Waals surface area contributed by atoms with Crippen LogP contribution in [0.5, 0.6) is 5.75 Å². The summed E-state index contributed by atoms with van der Waals surface area (Å²) >= 11 is 1.76. The fraction of sp³-hybridized carbons (Fsp3) is 0.214. The summed E-state index contributed by atoms with van der Waals surface area (Å²) in [6, 6.07) is 10.1. The Balaban J connectivity index is 1.48. The van der Waals surface area contributed by atoms with Gasteiger partial charge < -0.3 is 15.0 Å². The summed E-state index contributed by atoms with van der Waals surface area (Å²) < 4.78 is 5.76. The molecule has 0 fully saturated rings. The van der Waals surface area contributed by atoms with Crippen LogP contribution in [0.15, 0.2) is 42.0 Å². The van der Waals surface area contributed by atoms with Crippen molar-refractivity contribution in [3.05, 3.63) is 46.9 Å². The summed E-state index contributed by atoms with van der Waals surface area (Å²) in [6.07, 6.45) is 1.69. The van der Waals surface area contributed by atoms with Crippen molar-refractivity contribution in [1.29, 1.82) is 0 Å². The molecule has 0 spiro atoms. The lowest BCUT2D eigenvalue weighted by Gasteiger charge is -2.07. The van der Waals surface area contributed by atoms with Gasteiger partial charge in [-0.2, -0.15) is 0 Å². The molecular formula is C14H15N3OS. The van der Waals surface area contributed by atoms with Crippen molar-refractivity contribution < 1.29 is 4.74 Å². The highest BCUT2D eigenvalue weighted by Crippen LogP contribution is 2.21. The number of benzene rings is 1. The van der Waals surface area contributed by atoms with Crippen molar-refractivity contribution >= 4 is 22.4 Å². The number of aromatic amines is 1. The van der Waals surface area contributed by atoms with Crippen molar-refractivity contribution in [2.45, 2.75) is 6.54 Å². The third kappa shape index (κ3) is 2.94. The zero-order valence-corrected chi connectivity index (χ0v) is 11.2. The van der Waals surface area contributed by atoms with Crippen molar-refractivity contribution in [2.24, 2.45) is 0 Å². The van der Waals surface area contributed by atoms with Crippen LogP contribution in [-0.4, -0.2) is 23.1 Å². The third-order valence-corrected chi connectivity index (χ3v) is 3.70. The molecule has 0 radical (unpaired) electrons. The van der Waals surface area contributed by atoms with Crippen molar-refractivity contribution in [2.75, 3.05) is 13.2 Å². The molecule has 0 aliphatic heterocycles. The number of ether oxygens (including phenoxy) is 1. The number of hydrogen-bond acceptors (Lipinski definition) is 4. The van der Waals surface area contributed by atoms with E-state index < -0.39 is 0 Å².